The molecule has 1 N–H and O–H groups in total. The monoisotopic (exact) mass is 402 g/mol. The molecule has 0 aliphatic carbocycles. The molecule has 0 bridgehead atoms. The molecule has 29 heavy (non-hydrogen) atoms. The van der Waals surface area contributed by atoms with Gasteiger partial charge in [0.05, 0.1) is 23.8 Å². The number of hydrogen-bond donors (Lipinski definition) is 1. The van der Waals surface area contributed by atoms with Crippen molar-refractivity contribution in [3.8, 4) is 0 Å². The van der Waals surface area contributed by atoms with E-state index in [1.54, 1.807) is 28.9 Å². The Kier molecular flexibility index (Phi) is 4.22. The molecular formula is C21H15ClN6O. The Morgan fingerprint density at radius 3 is 2.79 bits per heavy atom. The molecule has 5 aromatic rings. The SMILES string of the molecule is O=C(Nc1nc2ccc(Cl)cc2n1Cc1ccccc1)c1cnc2ncccn12. The van der Waals surface area contributed by atoms with Gasteiger partial charge < -0.3 is 4.57 Å². The minimum atomic E-state index is -0.318. The lowest BCUT2D eigenvalue weighted by Crippen LogP contribution is -2.18. The Labute approximate surface area is 170 Å². The van der Waals surface area contributed by atoms with E-state index in [1.807, 2.05) is 47.0 Å². The van der Waals surface area contributed by atoms with Crippen LogP contribution in [0.5, 0.6) is 0 Å². The molecule has 0 aliphatic heterocycles. The first kappa shape index (κ1) is 17.4. The summed E-state index contributed by atoms with van der Waals surface area (Å²) in [6.07, 6.45) is 4.88. The van der Waals surface area contributed by atoms with Crippen LogP contribution in [0.1, 0.15) is 16.1 Å². The van der Waals surface area contributed by atoms with Crippen molar-refractivity contribution >= 4 is 40.3 Å². The van der Waals surface area contributed by atoms with Gasteiger partial charge in [-0.25, -0.2) is 15.0 Å². The van der Waals surface area contributed by atoms with Gasteiger partial charge in [-0.3, -0.25) is 14.5 Å². The molecule has 0 radical (unpaired) electrons. The number of fused-ring (bicyclic) bond motifs is 2. The fourth-order valence-corrected chi connectivity index (χ4v) is 3.45. The van der Waals surface area contributed by atoms with Gasteiger partial charge in [0.1, 0.15) is 5.69 Å². The Morgan fingerprint density at radius 1 is 1.07 bits per heavy atom. The van der Waals surface area contributed by atoms with E-state index in [0.29, 0.717) is 29.0 Å². The van der Waals surface area contributed by atoms with Crippen LogP contribution in [0.15, 0.2) is 73.2 Å². The number of imidazole rings is 2. The van der Waals surface area contributed by atoms with Crippen molar-refractivity contribution in [2.75, 3.05) is 5.32 Å². The fraction of sp³-hybridized carbons (Fsp3) is 0.0476. The third-order valence-electron chi connectivity index (χ3n) is 4.64. The normalized spacial score (nSPS) is 11.2. The van der Waals surface area contributed by atoms with Gasteiger partial charge in [0, 0.05) is 17.4 Å². The quantitative estimate of drug-likeness (QED) is 0.492. The van der Waals surface area contributed by atoms with Crippen molar-refractivity contribution < 1.29 is 4.79 Å². The molecule has 142 valence electrons. The van der Waals surface area contributed by atoms with Gasteiger partial charge in [-0.05, 0) is 29.8 Å². The molecule has 5 rings (SSSR count). The maximum atomic E-state index is 13.0. The number of carbonyl (C=O) groups excluding carboxylic acids is 1. The summed E-state index contributed by atoms with van der Waals surface area (Å²) in [4.78, 5) is 25.9. The Hall–Kier alpha value is -3.71. The zero-order valence-electron chi connectivity index (χ0n) is 15.2. The summed E-state index contributed by atoms with van der Waals surface area (Å²) >= 11 is 6.21. The van der Waals surface area contributed by atoms with E-state index in [9.17, 15) is 4.79 Å². The highest BCUT2D eigenvalue weighted by molar-refractivity contribution is 6.31. The lowest BCUT2D eigenvalue weighted by Gasteiger charge is -2.10. The third kappa shape index (κ3) is 3.21. The molecule has 0 saturated carbocycles. The van der Waals surface area contributed by atoms with Crippen LogP contribution in [0.4, 0.5) is 5.95 Å². The Morgan fingerprint density at radius 2 is 1.93 bits per heavy atom. The van der Waals surface area contributed by atoms with Crippen LogP contribution < -0.4 is 5.32 Å². The molecule has 7 nitrogen and oxygen atoms in total. The third-order valence-corrected chi connectivity index (χ3v) is 4.88. The molecule has 8 heteroatoms. The molecule has 0 unspecified atom stereocenters. The number of anilines is 1. The summed E-state index contributed by atoms with van der Waals surface area (Å²) in [7, 11) is 0. The van der Waals surface area contributed by atoms with Crippen LogP contribution in [-0.4, -0.2) is 29.8 Å². The van der Waals surface area contributed by atoms with Gasteiger partial charge in [0.2, 0.25) is 11.7 Å². The van der Waals surface area contributed by atoms with E-state index in [0.717, 1.165) is 16.6 Å². The standard InChI is InChI=1S/C21H15ClN6O/c22-15-7-8-16-17(11-15)28(13-14-5-2-1-3-6-14)21(25-16)26-19(29)18-12-24-20-23-9-4-10-27(18)20/h1-12H,13H2,(H,25,26,29). The second-order valence-electron chi connectivity index (χ2n) is 6.53. The zero-order chi connectivity index (χ0) is 19.8. The van der Waals surface area contributed by atoms with Crippen LogP contribution in [0.3, 0.4) is 0 Å². The smallest absolute Gasteiger partial charge is 0.276 e. The Balaban J connectivity index is 1.57. The predicted molar refractivity (Wildman–Crippen MR) is 111 cm³/mol. The lowest BCUT2D eigenvalue weighted by atomic mass is 10.2. The summed E-state index contributed by atoms with van der Waals surface area (Å²) < 4.78 is 3.58. The van der Waals surface area contributed by atoms with Crippen LogP contribution in [0.25, 0.3) is 16.8 Å². The van der Waals surface area contributed by atoms with Gasteiger partial charge in [0.25, 0.3) is 5.91 Å². The van der Waals surface area contributed by atoms with Crippen molar-refractivity contribution in [2.24, 2.45) is 0 Å². The van der Waals surface area contributed by atoms with E-state index >= 15 is 0 Å². The molecule has 0 atom stereocenters. The molecule has 2 aromatic carbocycles. The van der Waals surface area contributed by atoms with E-state index < -0.39 is 0 Å². The largest absolute Gasteiger partial charge is 0.305 e. The van der Waals surface area contributed by atoms with E-state index in [1.165, 1.54) is 6.20 Å². The second-order valence-corrected chi connectivity index (χ2v) is 6.96. The van der Waals surface area contributed by atoms with Crippen molar-refractivity contribution in [2.45, 2.75) is 6.54 Å². The van der Waals surface area contributed by atoms with E-state index in [2.05, 4.69) is 20.3 Å². The van der Waals surface area contributed by atoms with Crippen LogP contribution in [0.2, 0.25) is 5.02 Å². The molecule has 0 spiro atoms. The van der Waals surface area contributed by atoms with Gasteiger partial charge in [-0.1, -0.05) is 41.9 Å². The summed E-state index contributed by atoms with van der Waals surface area (Å²) in [6, 6.07) is 17.2. The van der Waals surface area contributed by atoms with E-state index in [4.69, 9.17) is 11.6 Å². The van der Waals surface area contributed by atoms with Gasteiger partial charge in [0.15, 0.2) is 0 Å². The number of nitrogens with one attached hydrogen (secondary N) is 1. The van der Waals surface area contributed by atoms with Crippen molar-refractivity contribution in [1.82, 2.24) is 23.9 Å². The summed E-state index contributed by atoms with van der Waals surface area (Å²) in [5, 5.41) is 3.52. The maximum absolute atomic E-state index is 13.0. The first-order valence-electron chi connectivity index (χ1n) is 8.98. The van der Waals surface area contributed by atoms with Crippen molar-refractivity contribution in [3.05, 3.63) is 89.5 Å². The number of rotatable bonds is 4. The predicted octanol–water partition coefficient (Wildman–Crippen LogP) is 4.03. The average Bonchev–Trinajstić information content (AvgIpc) is 3.31. The minimum absolute atomic E-state index is 0.318. The maximum Gasteiger partial charge on any atom is 0.276 e. The van der Waals surface area contributed by atoms with E-state index in [-0.39, 0.29) is 5.91 Å². The van der Waals surface area contributed by atoms with Crippen molar-refractivity contribution in [1.29, 1.82) is 0 Å². The Bertz CT molecular complexity index is 1340. The molecule has 0 aliphatic rings. The molecular weight excluding hydrogens is 388 g/mol. The molecule has 0 fully saturated rings. The van der Waals surface area contributed by atoms with Gasteiger partial charge in [-0.15, -0.1) is 0 Å². The summed E-state index contributed by atoms with van der Waals surface area (Å²) in [6.45, 7) is 0.544. The van der Waals surface area contributed by atoms with Gasteiger partial charge in [-0.2, -0.15) is 0 Å². The lowest BCUT2D eigenvalue weighted by molar-refractivity contribution is 0.102. The highest BCUT2D eigenvalue weighted by Gasteiger charge is 2.18. The minimum Gasteiger partial charge on any atom is -0.305 e. The highest BCUT2D eigenvalue weighted by Crippen LogP contribution is 2.25. The summed E-state index contributed by atoms with van der Waals surface area (Å²) in [5.41, 5.74) is 3.06. The average molecular weight is 403 g/mol. The molecule has 1 amide bonds. The topological polar surface area (TPSA) is 77.1 Å². The highest BCUT2D eigenvalue weighted by atomic mass is 35.5. The van der Waals surface area contributed by atoms with Crippen LogP contribution >= 0.6 is 11.6 Å². The number of aromatic nitrogens is 5. The molecule has 3 aromatic heterocycles. The van der Waals surface area contributed by atoms with Gasteiger partial charge >= 0.3 is 0 Å². The van der Waals surface area contributed by atoms with Crippen molar-refractivity contribution in [3.63, 3.8) is 0 Å². The summed E-state index contributed by atoms with van der Waals surface area (Å²) in [5.74, 6) is 0.582. The molecule has 0 saturated heterocycles. The number of benzene rings is 2. The molecule has 3 heterocycles. The number of nitrogens with zero attached hydrogens (tertiary/aromatic N) is 5. The van der Waals surface area contributed by atoms with Crippen LogP contribution in [0, 0.1) is 0 Å². The number of halogens is 1. The fourth-order valence-electron chi connectivity index (χ4n) is 3.28. The first-order valence-corrected chi connectivity index (χ1v) is 9.36. The number of amides is 1. The first-order chi connectivity index (χ1) is 14.2. The number of carbonyl (C=O) groups is 1. The zero-order valence-corrected chi connectivity index (χ0v) is 15.9. The van der Waals surface area contributed by atoms with Crippen LogP contribution in [-0.2, 0) is 6.54 Å². The number of hydrogen-bond acceptors (Lipinski definition) is 4. The second kappa shape index (κ2) is 7.03.